The third kappa shape index (κ3) is 1.53. The number of nitrogens with zero attached hydrogens (tertiary/aromatic N) is 1. The first-order chi connectivity index (χ1) is 5.79. The largest absolute Gasteiger partial charge is 0.383 e. The van der Waals surface area contributed by atoms with E-state index >= 15 is 0 Å². The number of anilines is 1. The van der Waals surface area contributed by atoms with E-state index in [4.69, 9.17) is 5.73 Å². The average molecular weight is 160 g/mol. The molecular formula is C10H12N2. The van der Waals surface area contributed by atoms with Crippen LogP contribution in [-0.4, -0.2) is 4.98 Å². The summed E-state index contributed by atoms with van der Waals surface area (Å²) in [7, 11) is 0. The minimum Gasteiger partial charge on any atom is -0.383 e. The molecule has 2 heteroatoms. The fourth-order valence-electron chi connectivity index (χ4n) is 1.04. The molecule has 1 aromatic rings. The molecule has 0 aliphatic carbocycles. The summed E-state index contributed by atoms with van der Waals surface area (Å²) in [5, 5.41) is 0. The van der Waals surface area contributed by atoms with Crippen LogP contribution < -0.4 is 5.73 Å². The zero-order valence-electron chi connectivity index (χ0n) is 7.12. The first-order valence-corrected chi connectivity index (χ1v) is 3.79. The molecule has 0 aliphatic rings. The fraction of sp³-hybridized carbons (Fsp3) is 0.100. The molecule has 1 heterocycles. The summed E-state index contributed by atoms with van der Waals surface area (Å²) in [4.78, 5) is 3.99. The van der Waals surface area contributed by atoms with E-state index in [-0.39, 0.29) is 0 Å². The first kappa shape index (κ1) is 8.53. The number of hydrogen-bond donors (Lipinski definition) is 1. The minimum absolute atomic E-state index is 0.547. The van der Waals surface area contributed by atoms with E-state index in [1.54, 1.807) is 12.3 Å². The van der Waals surface area contributed by atoms with Crippen LogP contribution >= 0.6 is 0 Å². The molecule has 0 aromatic carbocycles. The maximum atomic E-state index is 5.67. The van der Waals surface area contributed by atoms with Crippen LogP contribution in [0, 0.1) is 0 Å². The number of pyridine rings is 1. The summed E-state index contributed by atoms with van der Waals surface area (Å²) in [6, 6.07) is 3.79. The highest BCUT2D eigenvalue weighted by molar-refractivity contribution is 5.78. The molecule has 0 saturated carbocycles. The molecule has 2 nitrogen and oxygen atoms in total. The fourth-order valence-corrected chi connectivity index (χ4v) is 1.04. The van der Waals surface area contributed by atoms with E-state index < -0.39 is 0 Å². The Morgan fingerprint density at radius 2 is 2.42 bits per heavy atom. The monoisotopic (exact) mass is 160 g/mol. The molecule has 0 bridgehead atoms. The van der Waals surface area contributed by atoms with Gasteiger partial charge >= 0.3 is 0 Å². The maximum absolute atomic E-state index is 5.67. The summed E-state index contributed by atoms with van der Waals surface area (Å²) in [6.45, 7) is 5.65. The van der Waals surface area contributed by atoms with Gasteiger partial charge in [0.2, 0.25) is 0 Å². The molecule has 0 fully saturated rings. The summed E-state index contributed by atoms with van der Waals surface area (Å²) in [6.07, 6.45) is 5.41. The highest BCUT2D eigenvalue weighted by atomic mass is 14.8. The Labute approximate surface area is 72.4 Å². The minimum atomic E-state index is 0.547. The lowest BCUT2D eigenvalue weighted by Gasteiger charge is -2.03. The normalized spacial score (nSPS) is 11.2. The van der Waals surface area contributed by atoms with Crippen molar-refractivity contribution in [2.24, 2.45) is 0 Å². The molecule has 0 amide bonds. The molecule has 1 rings (SSSR count). The summed E-state index contributed by atoms with van der Waals surface area (Å²) < 4.78 is 0. The van der Waals surface area contributed by atoms with Gasteiger partial charge in [0.15, 0.2) is 0 Å². The van der Waals surface area contributed by atoms with Crippen molar-refractivity contribution < 1.29 is 0 Å². The SMILES string of the molecule is C=C/C(=C\C)c1cccnc1N. The van der Waals surface area contributed by atoms with Gasteiger partial charge in [-0.15, -0.1) is 0 Å². The number of rotatable bonds is 2. The van der Waals surface area contributed by atoms with E-state index in [0.29, 0.717) is 5.82 Å². The van der Waals surface area contributed by atoms with Crippen molar-refractivity contribution in [2.45, 2.75) is 6.92 Å². The molecule has 0 saturated heterocycles. The Kier molecular flexibility index (Phi) is 2.64. The highest BCUT2D eigenvalue weighted by Crippen LogP contribution is 2.19. The quantitative estimate of drug-likeness (QED) is 0.674. The number of allylic oxidation sites excluding steroid dienone is 3. The Balaban J connectivity index is 3.18. The second-order valence-electron chi connectivity index (χ2n) is 2.38. The molecule has 0 radical (unpaired) electrons. The lowest BCUT2D eigenvalue weighted by molar-refractivity contribution is 1.32. The molecule has 0 spiro atoms. The lowest BCUT2D eigenvalue weighted by Crippen LogP contribution is -1.94. The molecule has 2 N–H and O–H groups in total. The molecule has 0 unspecified atom stereocenters. The van der Waals surface area contributed by atoms with Gasteiger partial charge in [-0.05, 0) is 24.6 Å². The van der Waals surface area contributed by atoms with Crippen molar-refractivity contribution >= 4 is 11.4 Å². The van der Waals surface area contributed by atoms with Crippen LogP contribution in [0.5, 0.6) is 0 Å². The molecule has 0 atom stereocenters. The van der Waals surface area contributed by atoms with E-state index in [0.717, 1.165) is 11.1 Å². The van der Waals surface area contributed by atoms with Gasteiger partial charge in [-0.1, -0.05) is 18.7 Å². The zero-order valence-corrected chi connectivity index (χ0v) is 7.12. The predicted molar refractivity (Wildman–Crippen MR) is 52.5 cm³/mol. The van der Waals surface area contributed by atoms with Gasteiger partial charge in [-0.3, -0.25) is 0 Å². The van der Waals surface area contributed by atoms with E-state index in [1.165, 1.54) is 0 Å². The summed E-state index contributed by atoms with van der Waals surface area (Å²) in [5.74, 6) is 0.547. The van der Waals surface area contributed by atoms with Crippen molar-refractivity contribution in [3.8, 4) is 0 Å². The van der Waals surface area contributed by atoms with Crippen LogP contribution in [0.15, 0.2) is 37.1 Å². The standard InChI is InChI=1S/C10H12N2/c1-3-8(4-2)9-6-5-7-12-10(9)11/h3-7H,1H2,2H3,(H2,11,12)/b8-4+. The van der Waals surface area contributed by atoms with Gasteiger partial charge in [-0.2, -0.15) is 0 Å². The average Bonchev–Trinajstić information content (AvgIpc) is 2.10. The van der Waals surface area contributed by atoms with Gasteiger partial charge < -0.3 is 5.73 Å². The second kappa shape index (κ2) is 3.72. The molecule has 62 valence electrons. The Hall–Kier alpha value is -1.57. The third-order valence-electron chi connectivity index (χ3n) is 1.68. The lowest BCUT2D eigenvalue weighted by atomic mass is 10.1. The first-order valence-electron chi connectivity index (χ1n) is 3.79. The summed E-state index contributed by atoms with van der Waals surface area (Å²) >= 11 is 0. The topological polar surface area (TPSA) is 38.9 Å². The smallest absolute Gasteiger partial charge is 0.131 e. The summed E-state index contributed by atoms with van der Waals surface area (Å²) in [5.41, 5.74) is 7.63. The number of hydrogen-bond acceptors (Lipinski definition) is 2. The van der Waals surface area contributed by atoms with Crippen molar-refractivity contribution in [3.05, 3.63) is 42.6 Å². The maximum Gasteiger partial charge on any atom is 0.131 e. The van der Waals surface area contributed by atoms with Gasteiger partial charge in [-0.25, -0.2) is 4.98 Å². The van der Waals surface area contributed by atoms with E-state index in [1.807, 2.05) is 25.1 Å². The van der Waals surface area contributed by atoms with Crippen molar-refractivity contribution in [1.29, 1.82) is 0 Å². The molecule has 12 heavy (non-hydrogen) atoms. The predicted octanol–water partition coefficient (Wildman–Crippen LogP) is 2.25. The van der Waals surface area contributed by atoms with Crippen molar-refractivity contribution in [1.82, 2.24) is 4.98 Å². The van der Waals surface area contributed by atoms with Gasteiger partial charge in [0, 0.05) is 11.8 Å². The van der Waals surface area contributed by atoms with Crippen LogP contribution in [-0.2, 0) is 0 Å². The van der Waals surface area contributed by atoms with Gasteiger partial charge in [0.25, 0.3) is 0 Å². The Bertz CT molecular complexity index is 313. The van der Waals surface area contributed by atoms with Crippen LogP contribution in [0.3, 0.4) is 0 Å². The van der Waals surface area contributed by atoms with Crippen LogP contribution in [0.4, 0.5) is 5.82 Å². The van der Waals surface area contributed by atoms with E-state index in [2.05, 4.69) is 11.6 Å². The number of nitrogens with two attached hydrogens (primary N) is 1. The van der Waals surface area contributed by atoms with Gasteiger partial charge in [0.1, 0.15) is 5.82 Å². The molecule has 0 aliphatic heterocycles. The van der Waals surface area contributed by atoms with Gasteiger partial charge in [0.05, 0.1) is 0 Å². The highest BCUT2D eigenvalue weighted by Gasteiger charge is 2.00. The van der Waals surface area contributed by atoms with Crippen molar-refractivity contribution in [3.63, 3.8) is 0 Å². The van der Waals surface area contributed by atoms with Crippen molar-refractivity contribution in [2.75, 3.05) is 5.73 Å². The molecular weight excluding hydrogens is 148 g/mol. The van der Waals surface area contributed by atoms with Crippen LogP contribution in [0.1, 0.15) is 12.5 Å². The third-order valence-corrected chi connectivity index (χ3v) is 1.68. The number of nitrogen functional groups attached to an aromatic ring is 1. The molecule has 1 aromatic heterocycles. The Morgan fingerprint density at radius 3 is 2.92 bits per heavy atom. The number of aromatic nitrogens is 1. The van der Waals surface area contributed by atoms with E-state index in [9.17, 15) is 0 Å². The van der Waals surface area contributed by atoms with Crippen LogP contribution in [0.2, 0.25) is 0 Å². The zero-order chi connectivity index (χ0) is 8.97. The van der Waals surface area contributed by atoms with Crippen LogP contribution in [0.25, 0.3) is 5.57 Å². The Morgan fingerprint density at radius 1 is 1.67 bits per heavy atom. The second-order valence-corrected chi connectivity index (χ2v) is 2.38.